The first-order valence-corrected chi connectivity index (χ1v) is 6.27. The number of nitrogens with zero attached hydrogens (tertiary/aromatic N) is 4. The second kappa shape index (κ2) is 6.90. The third-order valence-electron chi connectivity index (χ3n) is 2.77. The van der Waals surface area contributed by atoms with Crippen LogP contribution in [0.2, 0.25) is 0 Å². The first-order valence-electron chi connectivity index (χ1n) is 6.27. The standard InChI is InChI=1S/C12H22N6O2/c1-9-10(18(5)12(20)17(4)8-19)15-11(14-9)13-6-7-16(2)3/h8H,6-7H2,1-5H3,(H2,13,14,15). The van der Waals surface area contributed by atoms with Crippen LogP contribution in [0.25, 0.3) is 0 Å². The van der Waals surface area contributed by atoms with Crippen molar-refractivity contribution in [3.8, 4) is 0 Å². The average molecular weight is 282 g/mol. The molecule has 0 bridgehead atoms. The second-order valence-electron chi connectivity index (χ2n) is 4.82. The molecule has 8 nitrogen and oxygen atoms in total. The molecule has 0 saturated heterocycles. The van der Waals surface area contributed by atoms with Gasteiger partial charge in [-0.15, -0.1) is 0 Å². The normalized spacial score (nSPS) is 10.5. The minimum atomic E-state index is -0.436. The van der Waals surface area contributed by atoms with Gasteiger partial charge in [0.05, 0.1) is 5.69 Å². The summed E-state index contributed by atoms with van der Waals surface area (Å²) in [6.07, 6.45) is 0.469. The third kappa shape index (κ3) is 3.95. The molecule has 0 radical (unpaired) electrons. The fraction of sp³-hybridized carbons (Fsp3) is 0.583. The van der Waals surface area contributed by atoms with Gasteiger partial charge in [0, 0.05) is 27.2 Å². The zero-order chi connectivity index (χ0) is 15.3. The van der Waals surface area contributed by atoms with E-state index in [1.807, 2.05) is 21.0 Å². The van der Waals surface area contributed by atoms with Crippen LogP contribution in [0.15, 0.2) is 0 Å². The Morgan fingerprint density at radius 2 is 2.00 bits per heavy atom. The van der Waals surface area contributed by atoms with Crippen molar-refractivity contribution >= 4 is 24.2 Å². The van der Waals surface area contributed by atoms with E-state index in [0.717, 1.165) is 23.7 Å². The van der Waals surface area contributed by atoms with Crippen molar-refractivity contribution in [2.75, 3.05) is 51.5 Å². The summed E-state index contributed by atoms with van der Waals surface area (Å²) < 4.78 is 0. The van der Waals surface area contributed by atoms with E-state index in [4.69, 9.17) is 0 Å². The molecule has 0 unspecified atom stereocenters. The average Bonchev–Trinajstić information content (AvgIpc) is 2.76. The number of likely N-dealkylation sites (N-methyl/N-ethyl adjacent to an activating group) is 1. The molecule has 0 aliphatic heterocycles. The Balaban J connectivity index is 2.74. The first kappa shape index (κ1) is 16.0. The van der Waals surface area contributed by atoms with Crippen molar-refractivity contribution in [1.82, 2.24) is 19.8 Å². The van der Waals surface area contributed by atoms with E-state index in [0.29, 0.717) is 18.2 Å². The number of carbonyl (C=O) groups excluding carboxylic acids is 2. The number of hydrogen-bond donors (Lipinski definition) is 2. The maximum atomic E-state index is 11.9. The van der Waals surface area contributed by atoms with Gasteiger partial charge in [0.25, 0.3) is 0 Å². The molecule has 0 fully saturated rings. The summed E-state index contributed by atoms with van der Waals surface area (Å²) in [7, 11) is 6.96. The molecule has 8 heteroatoms. The van der Waals surface area contributed by atoms with Gasteiger partial charge in [0.2, 0.25) is 12.4 Å². The number of aromatic nitrogens is 2. The summed E-state index contributed by atoms with van der Waals surface area (Å²) in [6.45, 7) is 3.44. The van der Waals surface area contributed by atoms with Crippen molar-refractivity contribution < 1.29 is 9.59 Å². The van der Waals surface area contributed by atoms with Crippen LogP contribution in [0.5, 0.6) is 0 Å². The van der Waals surface area contributed by atoms with E-state index in [9.17, 15) is 9.59 Å². The van der Waals surface area contributed by atoms with Gasteiger partial charge in [-0.3, -0.25) is 14.6 Å². The SMILES string of the molecule is Cc1[nH]c(NCCN(C)C)nc1N(C)C(=O)N(C)C=O. The van der Waals surface area contributed by atoms with Gasteiger partial charge in [0.1, 0.15) is 0 Å². The minimum Gasteiger partial charge on any atom is -0.354 e. The first-order chi connectivity index (χ1) is 9.36. The summed E-state index contributed by atoms with van der Waals surface area (Å²) in [6, 6.07) is -0.436. The summed E-state index contributed by atoms with van der Waals surface area (Å²) in [5, 5.41) is 3.14. The van der Waals surface area contributed by atoms with Crippen LogP contribution < -0.4 is 10.2 Å². The second-order valence-corrected chi connectivity index (χ2v) is 4.82. The van der Waals surface area contributed by atoms with Crippen LogP contribution in [-0.2, 0) is 4.79 Å². The molecule has 1 aromatic heterocycles. The van der Waals surface area contributed by atoms with E-state index < -0.39 is 6.03 Å². The van der Waals surface area contributed by atoms with Gasteiger partial charge < -0.3 is 15.2 Å². The molecule has 0 saturated carbocycles. The molecule has 20 heavy (non-hydrogen) atoms. The molecule has 0 atom stereocenters. The molecule has 3 amide bonds. The molecular formula is C12H22N6O2. The number of amides is 3. The highest BCUT2D eigenvalue weighted by Gasteiger charge is 2.20. The Labute approximate surface area is 118 Å². The number of H-pyrrole nitrogens is 1. The minimum absolute atomic E-state index is 0.436. The summed E-state index contributed by atoms with van der Waals surface area (Å²) in [4.78, 5) is 34.2. The largest absolute Gasteiger partial charge is 0.354 e. The lowest BCUT2D eigenvalue weighted by molar-refractivity contribution is -0.114. The number of imide groups is 1. The molecular weight excluding hydrogens is 260 g/mol. The number of aryl methyl sites for hydroxylation is 1. The molecule has 1 heterocycles. The van der Waals surface area contributed by atoms with Gasteiger partial charge >= 0.3 is 6.03 Å². The van der Waals surface area contributed by atoms with Gasteiger partial charge in [-0.1, -0.05) is 0 Å². The lowest BCUT2D eigenvalue weighted by Crippen LogP contribution is -2.38. The van der Waals surface area contributed by atoms with Gasteiger partial charge in [0.15, 0.2) is 5.82 Å². The van der Waals surface area contributed by atoms with Gasteiger partial charge in [-0.2, -0.15) is 4.98 Å². The molecule has 0 spiro atoms. The van der Waals surface area contributed by atoms with Crippen molar-refractivity contribution in [3.05, 3.63) is 5.69 Å². The number of carbonyl (C=O) groups is 2. The Kier molecular flexibility index (Phi) is 5.51. The fourth-order valence-corrected chi connectivity index (χ4v) is 1.63. The third-order valence-corrected chi connectivity index (χ3v) is 2.77. The van der Waals surface area contributed by atoms with Crippen LogP contribution in [0.4, 0.5) is 16.6 Å². The van der Waals surface area contributed by atoms with E-state index in [-0.39, 0.29) is 0 Å². The summed E-state index contributed by atoms with van der Waals surface area (Å²) in [5.74, 6) is 1.10. The number of anilines is 2. The molecule has 112 valence electrons. The summed E-state index contributed by atoms with van der Waals surface area (Å²) >= 11 is 0. The number of nitrogens with one attached hydrogen (secondary N) is 2. The topological polar surface area (TPSA) is 84.6 Å². The Morgan fingerprint density at radius 1 is 1.35 bits per heavy atom. The zero-order valence-corrected chi connectivity index (χ0v) is 12.6. The van der Waals surface area contributed by atoms with Crippen molar-refractivity contribution in [2.45, 2.75) is 6.92 Å². The van der Waals surface area contributed by atoms with E-state index in [1.54, 1.807) is 7.05 Å². The van der Waals surface area contributed by atoms with E-state index in [1.165, 1.54) is 11.9 Å². The predicted octanol–water partition coefficient (Wildman–Crippen LogP) is 0.336. The number of aromatic amines is 1. The quantitative estimate of drug-likeness (QED) is 0.735. The molecule has 1 rings (SSSR count). The Morgan fingerprint density at radius 3 is 2.55 bits per heavy atom. The monoisotopic (exact) mass is 282 g/mol. The summed E-state index contributed by atoms with van der Waals surface area (Å²) in [5.41, 5.74) is 0.757. The Hall–Kier alpha value is -2.09. The number of imidazole rings is 1. The maximum Gasteiger partial charge on any atom is 0.331 e. The Bertz CT molecular complexity index is 471. The van der Waals surface area contributed by atoms with Crippen LogP contribution >= 0.6 is 0 Å². The smallest absolute Gasteiger partial charge is 0.331 e. The molecule has 2 N–H and O–H groups in total. The van der Waals surface area contributed by atoms with E-state index in [2.05, 4.69) is 20.2 Å². The molecule has 0 aliphatic carbocycles. The lowest BCUT2D eigenvalue weighted by Gasteiger charge is -2.19. The number of rotatable bonds is 6. The zero-order valence-electron chi connectivity index (χ0n) is 12.6. The molecule has 1 aromatic rings. The van der Waals surface area contributed by atoms with Crippen molar-refractivity contribution in [3.63, 3.8) is 0 Å². The number of hydrogen-bond acceptors (Lipinski definition) is 5. The molecule has 0 aromatic carbocycles. The van der Waals surface area contributed by atoms with Crippen molar-refractivity contribution in [2.24, 2.45) is 0 Å². The van der Waals surface area contributed by atoms with Crippen LogP contribution in [0.1, 0.15) is 5.69 Å². The molecule has 0 aliphatic rings. The van der Waals surface area contributed by atoms with Gasteiger partial charge in [-0.25, -0.2) is 4.79 Å². The van der Waals surface area contributed by atoms with Crippen LogP contribution in [0, 0.1) is 6.92 Å². The maximum absolute atomic E-state index is 11.9. The highest BCUT2D eigenvalue weighted by atomic mass is 16.2. The highest BCUT2D eigenvalue weighted by molar-refractivity contribution is 5.96. The lowest BCUT2D eigenvalue weighted by atomic mass is 10.4. The van der Waals surface area contributed by atoms with Gasteiger partial charge in [-0.05, 0) is 21.0 Å². The predicted molar refractivity (Wildman–Crippen MR) is 78.0 cm³/mol. The van der Waals surface area contributed by atoms with E-state index >= 15 is 0 Å². The fourth-order valence-electron chi connectivity index (χ4n) is 1.63. The van der Waals surface area contributed by atoms with Crippen LogP contribution in [0.3, 0.4) is 0 Å². The van der Waals surface area contributed by atoms with Crippen LogP contribution in [-0.4, -0.2) is 73.5 Å². The highest BCUT2D eigenvalue weighted by Crippen LogP contribution is 2.18. The van der Waals surface area contributed by atoms with Crippen molar-refractivity contribution in [1.29, 1.82) is 0 Å². The number of urea groups is 1.